The van der Waals surface area contributed by atoms with Crippen molar-refractivity contribution in [2.24, 2.45) is 0 Å². The van der Waals surface area contributed by atoms with Gasteiger partial charge in [0.1, 0.15) is 13.6 Å². The predicted molar refractivity (Wildman–Crippen MR) is 59.3 cm³/mol. The van der Waals surface area contributed by atoms with Gasteiger partial charge in [0.25, 0.3) is 5.56 Å². The van der Waals surface area contributed by atoms with Crippen LogP contribution >= 0.6 is 0 Å². The van der Waals surface area contributed by atoms with Crippen LogP contribution in [0.1, 0.15) is 0 Å². The number of ether oxygens (including phenoxy) is 1. The summed E-state index contributed by atoms with van der Waals surface area (Å²) >= 11 is 0. The summed E-state index contributed by atoms with van der Waals surface area (Å²) in [7, 11) is 3.57. The third-order valence-electron chi connectivity index (χ3n) is 2.32. The molecule has 0 bridgehead atoms. The molecule has 1 N–H and O–H groups in total. The van der Waals surface area contributed by atoms with Crippen molar-refractivity contribution in [1.82, 2.24) is 4.98 Å². The number of fused-ring (bicyclic) bond motifs is 1. The van der Waals surface area contributed by atoms with Gasteiger partial charge in [-0.3, -0.25) is 4.79 Å². The second-order valence-electron chi connectivity index (χ2n) is 3.21. The summed E-state index contributed by atoms with van der Waals surface area (Å²) in [5.41, 5.74) is 0.978. The molecule has 4 heteroatoms. The van der Waals surface area contributed by atoms with E-state index in [1.54, 1.807) is 25.4 Å². The van der Waals surface area contributed by atoms with Gasteiger partial charge in [-0.1, -0.05) is 5.46 Å². The number of pyridine rings is 1. The van der Waals surface area contributed by atoms with Crippen molar-refractivity contribution in [3.8, 4) is 5.75 Å². The first-order valence-corrected chi connectivity index (χ1v) is 4.38. The molecular formula is C10H10BNO2. The molecular weight excluding hydrogens is 177 g/mol. The van der Waals surface area contributed by atoms with E-state index in [-0.39, 0.29) is 5.56 Å². The number of nitrogens with one attached hydrogen (secondary N) is 1. The lowest BCUT2D eigenvalue weighted by Gasteiger charge is -2.03. The molecule has 0 saturated carbocycles. The standard InChI is InChI=1S/C10H10BNO2/c1-14-6-2-3-7-8(4-6)9(11)5-12-10(7)13/h2-5H,11H2,1H3,(H,12,13). The zero-order chi connectivity index (χ0) is 10.1. The fourth-order valence-corrected chi connectivity index (χ4v) is 1.50. The summed E-state index contributed by atoms with van der Waals surface area (Å²) in [5, 5.41) is 1.64. The van der Waals surface area contributed by atoms with Crippen LogP contribution in [0.25, 0.3) is 10.8 Å². The average Bonchev–Trinajstić information content (AvgIpc) is 2.23. The molecule has 3 nitrogen and oxygen atoms in total. The third kappa shape index (κ3) is 1.29. The van der Waals surface area contributed by atoms with Crippen LogP contribution in [0.3, 0.4) is 0 Å². The lowest BCUT2D eigenvalue weighted by molar-refractivity contribution is 0.415. The maximum atomic E-state index is 11.4. The number of H-pyrrole nitrogens is 1. The van der Waals surface area contributed by atoms with E-state index < -0.39 is 0 Å². The molecule has 0 atom stereocenters. The van der Waals surface area contributed by atoms with Crippen LogP contribution in [0.4, 0.5) is 0 Å². The maximum Gasteiger partial charge on any atom is 0.255 e. The molecule has 0 saturated heterocycles. The lowest BCUT2D eigenvalue weighted by Crippen LogP contribution is -2.15. The van der Waals surface area contributed by atoms with E-state index in [4.69, 9.17) is 4.74 Å². The van der Waals surface area contributed by atoms with Crippen molar-refractivity contribution in [1.29, 1.82) is 0 Å². The number of hydrogen-bond acceptors (Lipinski definition) is 2. The first kappa shape index (κ1) is 8.87. The Morgan fingerprint density at radius 1 is 1.36 bits per heavy atom. The Bertz CT molecular complexity index is 533. The SMILES string of the molecule is Bc1c[nH]c(=O)c2ccc(OC)cc12. The van der Waals surface area contributed by atoms with Crippen molar-refractivity contribution in [2.75, 3.05) is 7.11 Å². The number of hydrogen-bond donors (Lipinski definition) is 1. The quantitative estimate of drug-likeness (QED) is 0.628. The highest BCUT2D eigenvalue weighted by atomic mass is 16.5. The molecule has 1 aromatic carbocycles. The van der Waals surface area contributed by atoms with Gasteiger partial charge in [-0.15, -0.1) is 0 Å². The summed E-state index contributed by atoms with van der Waals surface area (Å²) in [5.74, 6) is 0.770. The highest BCUT2D eigenvalue weighted by molar-refractivity contribution is 6.38. The molecule has 0 radical (unpaired) electrons. The van der Waals surface area contributed by atoms with Crippen LogP contribution in [-0.4, -0.2) is 19.9 Å². The minimum atomic E-state index is -0.0618. The molecule has 0 fully saturated rings. The zero-order valence-corrected chi connectivity index (χ0v) is 8.13. The molecule has 70 valence electrons. The molecule has 0 aliphatic heterocycles. The first-order valence-electron chi connectivity index (χ1n) is 4.38. The minimum Gasteiger partial charge on any atom is -0.497 e. The van der Waals surface area contributed by atoms with Crippen LogP contribution in [0.5, 0.6) is 5.75 Å². The maximum absolute atomic E-state index is 11.4. The Hall–Kier alpha value is -1.71. The summed E-state index contributed by atoms with van der Waals surface area (Å²) < 4.78 is 5.10. The van der Waals surface area contributed by atoms with Crippen LogP contribution in [-0.2, 0) is 0 Å². The van der Waals surface area contributed by atoms with Crippen molar-refractivity contribution in [3.63, 3.8) is 0 Å². The summed E-state index contributed by atoms with van der Waals surface area (Å²) in [6.45, 7) is 0. The Balaban J connectivity index is 2.87. The molecule has 14 heavy (non-hydrogen) atoms. The van der Waals surface area contributed by atoms with Gasteiger partial charge in [-0.2, -0.15) is 0 Å². The number of rotatable bonds is 1. The largest absolute Gasteiger partial charge is 0.497 e. The summed E-state index contributed by atoms with van der Waals surface area (Å²) in [6, 6.07) is 5.44. The van der Waals surface area contributed by atoms with Crippen LogP contribution in [0.2, 0.25) is 0 Å². The molecule has 0 aliphatic carbocycles. The van der Waals surface area contributed by atoms with Crippen molar-refractivity contribution in [3.05, 3.63) is 34.7 Å². The van der Waals surface area contributed by atoms with Gasteiger partial charge >= 0.3 is 0 Å². The number of aromatic amines is 1. The second-order valence-corrected chi connectivity index (χ2v) is 3.21. The Morgan fingerprint density at radius 2 is 2.14 bits per heavy atom. The van der Waals surface area contributed by atoms with Gasteiger partial charge < -0.3 is 9.72 Å². The fourth-order valence-electron chi connectivity index (χ4n) is 1.50. The molecule has 2 aromatic rings. The Morgan fingerprint density at radius 3 is 2.86 bits per heavy atom. The predicted octanol–water partition coefficient (Wildman–Crippen LogP) is -0.205. The Kier molecular flexibility index (Phi) is 2.04. The van der Waals surface area contributed by atoms with Crippen LogP contribution < -0.4 is 15.8 Å². The number of aromatic nitrogens is 1. The zero-order valence-electron chi connectivity index (χ0n) is 8.13. The summed E-state index contributed by atoms with van der Waals surface area (Å²) in [4.78, 5) is 14.1. The topological polar surface area (TPSA) is 42.1 Å². The van der Waals surface area contributed by atoms with E-state index in [1.165, 1.54) is 0 Å². The number of methoxy groups -OCH3 is 1. The van der Waals surface area contributed by atoms with Crippen molar-refractivity contribution < 1.29 is 4.74 Å². The molecule has 0 spiro atoms. The van der Waals surface area contributed by atoms with E-state index >= 15 is 0 Å². The van der Waals surface area contributed by atoms with Gasteiger partial charge in [-0.25, -0.2) is 0 Å². The van der Waals surface area contributed by atoms with Crippen molar-refractivity contribution >= 4 is 24.1 Å². The molecule has 2 rings (SSSR count). The van der Waals surface area contributed by atoms with Gasteiger partial charge in [0.05, 0.1) is 7.11 Å². The second kappa shape index (κ2) is 3.22. The van der Waals surface area contributed by atoms with E-state index in [1.807, 2.05) is 13.9 Å². The minimum absolute atomic E-state index is 0.0618. The van der Waals surface area contributed by atoms with E-state index in [2.05, 4.69) is 4.98 Å². The van der Waals surface area contributed by atoms with Crippen LogP contribution in [0, 0.1) is 0 Å². The lowest BCUT2D eigenvalue weighted by atomic mass is 9.92. The van der Waals surface area contributed by atoms with E-state index in [0.29, 0.717) is 5.39 Å². The Labute approximate surface area is 82.1 Å². The monoisotopic (exact) mass is 187 g/mol. The van der Waals surface area contributed by atoms with E-state index in [9.17, 15) is 4.79 Å². The fraction of sp³-hybridized carbons (Fsp3) is 0.100. The van der Waals surface area contributed by atoms with Crippen molar-refractivity contribution in [2.45, 2.75) is 0 Å². The van der Waals surface area contributed by atoms with Crippen LogP contribution in [0.15, 0.2) is 29.2 Å². The number of benzene rings is 1. The molecule has 0 amide bonds. The third-order valence-corrected chi connectivity index (χ3v) is 2.32. The van der Waals surface area contributed by atoms with E-state index in [0.717, 1.165) is 16.6 Å². The molecule has 1 aromatic heterocycles. The molecule has 1 heterocycles. The highest BCUT2D eigenvalue weighted by Crippen LogP contribution is 2.15. The van der Waals surface area contributed by atoms with Gasteiger partial charge in [0, 0.05) is 5.39 Å². The highest BCUT2D eigenvalue weighted by Gasteiger charge is 2.02. The smallest absolute Gasteiger partial charge is 0.255 e. The summed E-state index contributed by atoms with van der Waals surface area (Å²) in [6.07, 6.45) is 1.71. The normalized spacial score (nSPS) is 10.4. The molecule has 0 aliphatic rings. The van der Waals surface area contributed by atoms with Gasteiger partial charge in [0.2, 0.25) is 0 Å². The average molecular weight is 187 g/mol. The molecule has 0 unspecified atom stereocenters. The van der Waals surface area contributed by atoms with Gasteiger partial charge in [-0.05, 0) is 29.8 Å². The van der Waals surface area contributed by atoms with Gasteiger partial charge in [0.15, 0.2) is 0 Å². The first-order chi connectivity index (χ1) is 6.72.